The van der Waals surface area contributed by atoms with E-state index < -0.39 is 12.1 Å². The number of benzene rings is 1. The SMILES string of the molecule is CCCCCCCCc1ccc(CCC(O)C(N)CO)cc1.Cl. The van der Waals surface area contributed by atoms with Crippen molar-refractivity contribution in [1.82, 2.24) is 0 Å². The van der Waals surface area contributed by atoms with E-state index in [-0.39, 0.29) is 19.0 Å². The van der Waals surface area contributed by atoms with Crippen molar-refractivity contribution in [2.45, 2.75) is 76.9 Å². The van der Waals surface area contributed by atoms with Crippen LogP contribution < -0.4 is 5.73 Å². The molecule has 2 atom stereocenters. The molecule has 0 bridgehead atoms. The smallest absolute Gasteiger partial charge is 0.0716 e. The molecule has 1 aromatic carbocycles. The molecule has 1 aromatic rings. The first-order chi connectivity index (χ1) is 10.7. The first kappa shape index (κ1) is 22.4. The molecule has 4 heteroatoms. The molecular formula is C19H34ClNO2. The maximum absolute atomic E-state index is 9.75. The summed E-state index contributed by atoms with van der Waals surface area (Å²) in [6.45, 7) is 2.08. The summed E-state index contributed by atoms with van der Waals surface area (Å²) in [4.78, 5) is 0. The molecule has 0 aliphatic heterocycles. The second-order valence-electron chi connectivity index (χ2n) is 6.29. The lowest BCUT2D eigenvalue weighted by Crippen LogP contribution is -2.38. The fourth-order valence-corrected chi connectivity index (χ4v) is 2.63. The number of hydrogen-bond acceptors (Lipinski definition) is 3. The minimum Gasteiger partial charge on any atom is -0.395 e. The topological polar surface area (TPSA) is 66.5 Å². The predicted octanol–water partition coefficient (Wildman–Crippen LogP) is 3.62. The van der Waals surface area contributed by atoms with Crippen molar-refractivity contribution in [1.29, 1.82) is 0 Å². The van der Waals surface area contributed by atoms with Crippen LogP contribution in [0.15, 0.2) is 24.3 Å². The van der Waals surface area contributed by atoms with E-state index >= 15 is 0 Å². The van der Waals surface area contributed by atoms with Gasteiger partial charge in [-0.2, -0.15) is 0 Å². The zero-order valence-electron chi connectivity index (χ0n) is 14.4. The molecule has 1 rings (SSSR count). The van der Waals surface area contributed by atoms with Gasteiger partial charge in [0.15, 0.2) is 0 Å². The molecule has 0 saturated carbocycles. The molecule has 0 spiro atoms. The fraction of sp³-hybridized carbons (Fsp3) is 0.684. The van der Waals surface area contributed by atoms with Crippen molar-refractivity contribution in [3.8, 4) is 0 Å². The van der Waals surface area contributed by atoms with Crippen LogP contribution in [0.3, 0.4) is 0 Å². The van der Waals surface area contributed by atoms with Gasteiger partial charge in [-0.15, -0.1) is 12.4 Å². The van der Waals surface area contributed by atoms with E-state index in [1.54, 1.807) is 0 Å². The molecule has 134 valence electrons. The number of aryl methyl sites for hydroxylation is 2. The van der Waals surface area contributed by atoms with Gasteiger partial charge in [0, 0.05) is 0 Å². The normalized spacial score (nSPS) is 13.4. The lowest BCUT2D eigenvalue weighted by Gasteiger charge is -2.16. The summed E-state index contributed by atoms with van der Waals surface area (Å²) in [5.41, 5.74) is 8.22. The Morgan fingerprint density at radius 2 is 1.43 bits per heavy atom. The highest BCUT2D eigenvalue weighted by Crippen LogP contribution is 2.13. The molecular weight excluding hydrogens is 310 g/mol. The maximum Gasteiger partial charge on any atom is 0.0716 e. The van der Waals surface area contributed by atoms with Crippen molar-refractivity contribution in [3.05, 3.63) is 35.4 Å². The fourth-order valence-electron chi connectivity index (χ4n) is 2.63. The maximum atomic E-state index is 9.75. The van der Waals surface area contributed by atoms with Gasteiger partial charge in [-0.3, -0.25) is 0 Å². The van der Waals surface area contributed by atoms with Gasteiger partial charge in [-0.1, -0.05) is 63.3 Å². The van der Waals surface area contributed by atoms with E-state index in [0.717, 1.165) is 12.8 Å². The van der Waals surface area contributed by atoms with Crippen LogP contribution in [-0.4, -0.2) is 29.0 Å². The van der Waals surface area contributed by atoms with Gasteiger partial charge in [0.2, 0.25) is 0 Å². The Kier molecular flexibility index (Phi) is 13.4. The molecule has 0 aliphatic carbocycles. The van der Waals surface area contributed by atoms with Crippen LogP contribution in [0, 0.1) is 0 Å². The molecule has 0 saturated heterocycles. The van der Waals surface area contributed by atoms with E-state index in [2.05, 4.69) is 31.2 Å². The highest BCUT2D eigenvalue weighted by Gasteiger charge is 2.13. The summed E-state index contributed by atoms with van der Waals surface area (Å²) in [5.74, 6) is 0. The van der Waals surface area contributed by atoms with E-state index in [4.69, 9.17) is 10.8 Å². The van der Waals surface area contributed by atoms with Crippen molar-refractivity contribution in [2.75, 3.05) is 6.61 Å². The summed E-state index contributed by atoms with van der Waals surface area (Å²) >= 11 is 0. The number of hydrogen-bond donors (Lipinski definition) is 3. The molecule has 0 radical (unpaired) electrons. The van der Waals surface area contributed by atoms with Crippen LogP contribution >= 0.6 is 12.4 Å². The third-order valence-electron chi connectivity index (χ3n) is 4.28. The molecule has 3 nitrogen and oxygen atoms in total. The first-order valence-corrected chi connectivity index (χ1v) is 8.79. The minimum atomic E-state index is -0.632. The summed E-state index contributed by atoms with van der Waals surface area (Å²) < 4.78 is 0. The highest BCUT2D eigenvalue weighted by molar-refractivity contribution is 5.85. The van der Waals surface area contributed by atoms with Gasteiger partial charge < -0.3 is 15.9 Å². The van der Waals surface area contributed by atoms with Crippen molar-refractivity contribution >= 4 is 12.4 Å². The van der Waals surface area contributed by atoms with Crippen molar-refractivity contribution in [3.63, 3.8) is 0 Å². The largest absolute Gasteiger partial charge is 0.395 e. The van der Waals surface area contributed by atoms with E-state index in [9.17, 15) is 5.11 Å². The van der Waals surface area contributed by atoms with Gasteiger partial charge in [-0.25, -0.2) is 0 Å². The number of rotatable bonds is 12. The highest BCUT2D eigenvalue weighted by atomic mass is 35.5. The predicted molar refractivity (Wildman–Crippen MR) is 100 cm³/mol. The summed E-state index contributed by atoms with van der Waals surface area (Å²) in [5, 5.41) is 18.7. The number of aliphatic hydroxyl groups is 2. The first-order valence-electron chi connectivity index (χ1n) is 8.79. The Morgan fingerprint density at radius 3 is 2.00 bits per heavy atom. The van der Waals surface area contributed by atoms with Crippen LogP contribution in [-0.2, 0) is 12.8 Å². The number of aliphatic hydroxyl groups excluding tert-OH is 2. The second-order valence-corrected chi connectivity index (χ2v) is 6.29. The molecule has 0 aromatic heterocycles. The molecule has 0 aliphatic rings. The third-order valence-corrected chi connectivity index (χ3v) is 4.28. The molecule has 23 heavy (non-hydrogen) atoms. The van der Waals surface area contributed by atoms with Crippen molar-refractivity contribution in [2.24, 2.45) is 5.73 Å². The Labute approximate surface area is 147 Å². The quantitative estimate of drug-likeness (QED) is 0.508. The van der Waals surface area contributed by atoms with Gasteiger partial charge >= 0.3 is 0 Å². The summed E-state index contributed by atoms with van der Waals surface area (Å²) in [7, 11) is 0. The van der Waals surface area contributed by atoms with E-state index in [1.807, 2.05) is 0 Å². The van der Waals surface area contributed by atoms with Crippen LogP contribution in [0.1, 0.15) is 63.0 Å². The molecule has 4 N–H and O–H groups in total. The number of nitrogens with two attached hydrogens (primary N) is 1. The Balaban J connectivity index is 0.00000484. The van der Waals surface area contributed by atoms with E-state index in [1.165, 1.54) is 49.7 Å². The van der Waals surface area contributed by atoms with Gasteiger partial charge in [0.05, 0.1) is 18.8 Å². The zero-order valence-corrected chi connectivity index (χ0v) is 15.2. The second kappa shape index (κ2) is 13.8. The van der Waals surface area contributed by atoms with Gasteiger partial charge in [0.25, 0.3) is 0 Å². The van der Waals surface area contributed by atoms with Crippen LogP contribution in [0.5, 0.6) is 0 Å². The Morgan fingerprint density at radius 1 is 0.913 bits per heavy atom. The van der Waals surface area contributed by atoms with Crippen LogP contribution in [0.2, 0.25) is 0 Å². The molecule has 2 unspecified atom stereocenters. The zero-order chi connectivity index (χ0) is 16.2. The summed E-state index contributed by atoms with van der Waals surface area (Å²) in [6, 6.07) is 8.14. The van der Waals surface area contributed by atoms with Crippen molar-refractivity contribution < 1.29 is 10.2 Å². The third kappa shape index (κ3) is 9.98. The Hall–Kier alpha value is -0.610. The molecule has 0 heterocycles. The van der Waals surface area contributed by atoms with Crippen LogP contribution in [0.4, 0.5) is 0 Å². The van der Waals surface area contributed by atoms with Gasteiger partial charge in [0.1, 0.15) is 0 Å². The minimum absolute atomic E-state index is 0. The van der Waals surface area contributed by atoms with Gasteiger partial charge in [-0.05, 0) is 36.8 Å². The Bertz CT molecular complexity index is 383. The monoisotopic (exact) mass is 343 g/mol. The lowest BCUT2D eigenvalue weighted by molar-refractivity contribution is 0.102. The average Bonchev–Trinajstić information content (AvgIpc) is 2.56. The number of halogens is 1. The van der Waals surface area contributed by atoms with E-state index in [0.29, 0.717) is 6.42 Å². The standard InChI is InChI=1S/C19H33NO2.ClH/c1-2-3-4-5-6-7-8-16-9-11-17(12-10-16)13-14-19(22)18(20)15-21;/h9-12,18-19,21-22H,2-8,13-15,20H2,1H3;1H. The van der Waals surface area contributed by atoms with Crippen LogP contribution in [0.25, 0.3) is 0 Å². The lowest BCUT2D eigenvalue weighted by atomic mass is 10.00. The average molecular weight is 344 g/mol. The number of unbranched alkanes of at least 4 members (excludes halogenated alkanes) is 5. The molecule has 0 amide bonds. The summed E-state index contributed by atoms with van der Waals surface area (Å²) in [6.07, 6.45) is 9.91. The molecule has 0 fully saturated rings.